The van der Waals surface area contributed by atoms with Gasteiger partial charge in [0.2, 0.25) is 0 Å². The van der Waals surface area contributed by atoms with Crippen LogP contribution in [0.2, 0.25) is 0 Å². The number of anilines is 1. The van der Waals surface area contributed by atoms with Gasteiger partial charge in [0.25, 0.3) is 11.6 Å². The number of piperidine rings is 1. The van der Waals surface area contributed by atoms with E-state index in [1.807, 2.05) is 11.8 Å². The molecule has 2 aliphatic rings. The number of carbonyl (C=O) groups is 2. The highest BCUT2D eigenvalue weighted by Gasteiger charge is 2.29. The second kappa shape index (κ2) is 8.58. The maximum Gasteiger partial charge on any atom is 0.338 e. The molecule has 152 valence electrons. The first-order chi connectivity index (χ1) is 13.3. The van der Waals surface area contributed by atoms with Gasteiger partial charge in [-0.1, -0.05) is 6.92 Å². The zero-order valence-corrected chi connectivity index (χ0v) is 16.3. The Hall–Kier alpha value is -2.64. The van der Waals surface area contributed by atoms with Gasteiger partial charge < -0.3 is 15.0 Å². The van der Waals surface area contributed by atoms with Crippen molar-refractivity contribution in [2.75, 3.05) is 24.6 Å². The molecule has 0 radical (unpaired) electrons. The predicted molar refractivity (Wildman–Crippen MR) is 104 cm³/mol. The SMILES string of the molecule is C[C@@H]1CCCN(c2ccc(C(=O)OCC(=O)N[C@@H](C)C3CC3)cc2[N+](=O)[O-])C1. The second-order valence-electron chi connectivity index (χ2n) is 7.92. The van der Waals surface area contributed by atoms with Gasteiger partial charge in [-0.2, -0.15) is 0 Å². The van der Waals surface area contributed by atoms with Crippen molar-refractivity contribution in [3.05, 3.63) is 33.9 Å². The summed E-state index contributed by atoms with van der Waals surface area (Å²) >= 11 is 0. The maximum atomic E-state index is 12.3. The van der Waals surface area contributed by atoms with Crippen LogP contribution in [0.4, 0.5) is 11.4 Å². The van der Waals surface area contributed by atoms with Crippen molar-refractivity contribution >= 4 is 23.3 Å². The van der Waals surface area contributed by atoms with Crippen LogP contribution in [0.1, 0.15) is 49.9 Å². The van der Waals surface area contributed by atoms with Crippen molar-refractivity contribution in [3.63, 3.8) is 0 Å². The molecule has 2 fully saturated rings. The number of esters is 1. The Bertz CT molecular complexity index is 762. The van der Waals surface area contributed by atoms with Crippen LogP contribution < -0.4 is 10.2 Å². The van der Waals surface area contributed by atoms with E-state index in [0.717, 1.165) is 38.8 Å². The number of nitrogens with one attached hydrogen (secondary N) is 1. The zero-order chi connectivity index (χ0) is 20.3. The minimum absolute atomic E-state index is 0.0681. The van der Waals surface area contributed by atoms with E-state index in [1.54, 1.807) is 6.07 Å². The summed E-state index contributed by atoms with van der Waals surface area (Å²) < 4.78 is 5.04. The molecule has 1 saturated carbocycles. The molecule has 1 heterocycles. The van der Waals surface area contributed by atoms with E-state index in [2.05, 4.69) is 12.2 Å². The lowest BCUT2D eigenvalue weighted by atomic mass is 9.99. The van der Waals surface area contributed by atoms with Crippen molar-refractivity contribution in [2.45, 2.75) is 45.6 Å². The lowest BCUT2D eigenvalue weighted by Gasteiger charge is -2.32. The molecule has 1 saturated heterocycles. The highest BCUT2D eigenvalue weighted by atomic mass is 16.6. The predicted octanol–water partition coefficient (Wildman–Crippen LogP) is 2.90. The molecule has 8 nitrogen and oxygen atoms in total. The third-order valence-corrected chi connectivity index (χ3v) is 5.46. The standard InChI is InChI=1S/C20H27N3O5/c1-13-4-3-9-22(11-13)17-8-7-16(10-18(17)23(26)27)20(25)28-12-19(24)21-14(2)15-5-6-15/h7-8,10,13-15H,3-6,9,11-12H2,1-2H3,(H,21,24)/t13-,14+/m1/s1. The number of nitro groups is 1. The van der Waals surface area contributed by atoms with Crippen molar-refractivity contribution in [1.82, 2.24) is 5.32 Å². The number of nitro benzene ring substituents is 1. The second-order valence-corrected chi connectivity index (χ2v) is 7.92. The summed E-state index contributed by atoms with van der Waals surface area (Å²) in [5, 5.41) is 14.3. The van der Waals surface area contributed by atoms with Crippen LogP contribution in [-0.2, 0) is 9.53 Å². The van der Waals surface area contributed by atoms with Crippen LogP contribution >= 0.6 is 0 Å². The fourth-order valence-electron chi connectivity index (χ4n) is 3.70. The van der Waals surface area contributed by atoms with Crippen LogP contribution in [0, 0.1) is 22.0 Å². The molecule has 1 amide bonds. The zero-order valence-electron chi connectivity index (χ0n) is 16.3. The number of nitrogens with zero attached hydrogens (tertiary/aromatic N) is 2. The van der Waals surface area contributed by atoms with E-state index < -0.39 is 17.5 Å². The minimum Gasteiger partial charge on any atom is -0.452 e. The molecule has 1 aromatic carbocycles. The van der Waals surface area contributed by atoms with Crippen molar-refractivity contribution in [3.8, 4) is 0 Å². The molecule has 2 atom stereocenters. The van der Waals surface area contributed by atoms with E-state index in [-0.39, 0.29) is 23.2 Å². The highest BCUT2D eigenvalue weighted by Crippen LogP contribution is 2.33. The Kier molecular flexibility index (Phi) is 6.16. The first-order valence-corrected chi connectivity index (χ1v) is 9.85. The van der Waals surface area contributed by atoms with Crippen LogP contribution in [-0.4, -0.2) is 42.5 Å². The van der Waals surface area contributed by atoms with Gasteiger partial charge in [0.05, 0.1) is 10.5 Å². The Morgan fingerprint density at radius 3 is 2.75 bits per heavy atom. The number of hydrogen-bond donors (Lipinski definition) is 1. The number of benzene rings is 1. The summed E-state index contributed by atoms with van der Waals surface area (Å²) in [6.07, 6.45) is 4.30. The average Bonchev–Trinajstić information content (AvgIpc) is 3.51. The fourth-order valence-corrected chi connectivity index (χ4v) is 3.70. The van der Waals surface area contributed by atoms with Gasteiger partial charge >= 0.3 is 5.97 Å². The topological polar surface area (TPSA) is 102 Å². The van der Waals surface area contributed by atoms with E-state index in [0.29, 0.717) is 17.5 Å². The molecule has 1 aliphatic heterocycles. The molecular weight excluding hydrogens is 362 g/mol. The number of carbonyl (C=O) groups excluding carboxylic acids is 2. The lowest BCUT2D eigenvalue weighted by Crippen LogP contribution is -2.37. The number of ether oxygens (including phenoxy) is 1. The minimum atomic E-state index is -0.740. The van der Waals surface area contributed by atoms with Gasteiger partial charge in [-0.25, -0.2) is 4.79 Å². The monoisotopic (exact) mass is 389 g/mol. The largest absolute Gasteiger partial charge is 0.452 e. The fraction of sp³-hybridized carbons (Fsp3) is 0.600. The number of amides is 1. The summed E-state index contributed by atoms with van der Waals surface area (Å²) in [4.78, 5) is 37.2. The van der Waals surface area contributed by atoms with Gasteiger partial charge in [0.1, 0.15) is 5.69 Å². The molecule has 8 heteroatoms. The molecule has 0 aromatic heterocycles. The number of hydrogen-bond acceptors (Lipinski definition) is 6. The third-order valence-electron chi connectivity index (χ3n) is 5.46. The maximum absolute atomic E-state index is 12.3. The molecule has 1 N–H and O–H groups in total. The smallest absolute Gasteiger partial charge is 0.338 e. The van der Waals surface area contributed by atoms with E-state index >= 15 is 0 Å². The Labute approximate surface area is 164 Å². The number of rotatable bonds is 7. The lowest BCUT2D eigenvalue weighted by molar-refractivity contribution is -0.384. The van der Waals surface area contributed by atoms with E-state index in [1.165, 1.54) is 12.1 Å². The summed E-state index contributed by atoms with van der Waals surface area (Å²) in [5.74, 6) is -0.126. The highest BCUT2D eigenvalue weighted by molar-refractivity contribution is 5.93. The first-order valence-electron chi connectivity index (χ1n) is 9.85. The normalized spacial score (nSPS) is 20.4. The Morgan fingerprint density at radius 2 is 2.11 bits per heavy atom. The summed E-state index contributed by atoms with van der Waals surface area (Å²) in [6.45, 7) is 5.17. The summed E-state index contributed by atoms with van der Waals surface area (Å²) in [6, 6.07) is 4.43. The van der Waals surface area contributed by atoms with Crippen molar-refractivity contribution < 1.29 is 19.2 Å². The third kappa shape index (κ3) is 4.99. The molecule has 0 bridgehead atoms. The molecule has 3 rings (SSSR count). The van der Waals surface area contributed by atoms with Gasteiger partial charge in [0, 0.05) is 25.2 Å². The molecule has 1 aromatic rings. The molecule has 28 heavy (non-hydrogen) atoms. The first kappa shape index (κ1) is 20.1. The van der Waals surface area contributed by atoms with Crippen molar-refractivity contribution in [2.24, 2.45) is 11.8 Å². The quantitative estimate of drug-likeness (QED) is 0.437. The van der Waals surface area contributed by atoms with Crippen molar-refractivity contribution in [1.29, 1.82) is 0 Å². The van der Waals surface area contributed by atoms with Crippen LogP contribution in [0.25, 0.3) is 0 Å². The Morgan fingerprint density at radius 1 is 1.36 bits per heavy atom. The van der Waals surface area contributed by atoms with Crippen LogP contribution in [0.3, 0.4) is 0 Å². The summed E-state index contributed by atoms with van der Waals surface area (Å²) in [5.41, 5.74) is 0.475. The van der Waals surface area contributed by atoms with Gasteiger partial charge in [-0.15, -0.1) is 0 Å². The molecule has 1 aliphatic carbocycles. The average molecular weight is 389 g/mol. The van der Waals surface area contributed by atoms with E-state index in [9.17, 15) is 19.7 Å². The van der Waals surface area contributed by atoms with Crippen LogP contribution in [0.5, 0.6) is 0 Å². The van der Waals surface area contributed by atoms with Gasteiger partial charge in [-0.3, -0.25) is 14.9 Å². The van der Waals surface area contributed by atoms with Gasteiger partial charge in [-0.05, 0) is 56.6 Å². The van der Waals surface area contributed by atoms with Gasteiger partial charge in [0.15, 0.2) is 6.61 Å². The van der Waals surface area contributed by atoms with E-state index in [4.69, 9.17) is 4.74 Å². The Balaban J connectivity index is 1.64. The molecule has 0 unspecified atom stereocenters. The molecular formula is C20H27N3O5. The van der Waals surface area contributed by atoms with Crippen LogP contribution in [0.15, 0.2) is 18.2 Å². The summed E-state index contributed by atoms with van der Waals surface area (Å²) in [7, 11) is 0. The molecule has 0 spiro atoms.